The predicted molar refractivity (Wildman–Crippen MR) is 67.7 cm³/mol. The van der Waals surface area contributed by atoms with E-state index in [4.69, 9.17) is 0 Å². The lowest BCUT2D eigenvalue weighted by molar-refractivity contribution is -0.286. The largest absolute Gasteiger partial charge is 0.586 e. The summed E-state index contributed by atoms with van der Waals surface area (Å²) in [6.07, 6.45) is -1.06. The minimum Gasteiger partial charge on any atom is -0.395 e. The highest BCUT2D eigenvalue weighted by molar-refractivity contribution is 5.95. The summed E-state index contributed by atoms with van der Waals surface area (Å²) in [5, 5.41) is 0.474. The van der Waals surface area contributed by atoms with Crippen LogP contribution in [-0.4, -0.2) is 16.3 Å². The van der Waals surface area contributed by atoms with E-state index in [-0.39, 0.29) is 11.5 Å². The lowest BCUT2D eigenvalue weighted by Crippen LogP contribution is -2.26. The molecule has 4 nitrogen and oxygen atoms in total. The van der Waals surface area contributed by atoms with E-state index in [1.165, 1.54) is 12.1 Å². The summed E-state index contributed by atoms with van der Waals surface area (Å²) in [7, 11) is 0. The Bertz CT molecular complexity index is 861. The molecule has 3 aromatic rings. The fourth-order valence-electron chi connectivity index (χ4n) is 2.38. The number of ether oxygens (including phenoxy) is 2. The van der Waals surface area contributed by atoms with Gasteiger partial charge in [0.1, 0.15) is 11.5 Å². The molecule has 0 aliphatic carbocycles. The fourth-order valence-corrected chi connectivity index (χ4v) is 2.38. The first-order valence-electron chi connectivity index (χ1n) is 6.05. The summed E-state index contributed by atoms with van der Waals surface area (Å²) in [5.41, 5.74) is 1.34. The van der Waals surface area contributed by atoms with Gasteiger partial charge in [-0.1, -0.05) is 12.1 Å². The number of halogens is 3. The zero-order valence-corrected chi connectivity index (χ0v) is 10.4. The third-order valence-corrected chi connectivity index (χ3v) is 3.22. The van der Waals surface area contributed by atoms with Crippen LogP contribution >= 0.6 is 0 Å². The number of fused-ring (bicyclic) bond motifs is 2. The highest BCUT2D eigenvalue weighted by atomic mass is 19.3. The van der Waals surface area contributed by atoms with Crippen LogP contribution in [-0.2, 0) is 0 Å². The van der Waals surface area contributed by atoms with Crippen molar-refractivity contribution in [2.75, 3.05) is 0 Å². The Kier molecular flexibility index (Phi) is 2.25. The quantitative estimate of drug-likeness (QED) is 0.744. The number of rotatable bonds is 1. The highest BCUT2D eigenvalue weighted by Gasteiger charge is 2.44. The van der Waals surface area contributed by atoms with Gasteiger partial charge in [-0.15, -0.1) is 8.78 Å². The number of nitrogens with one attached hydrogen (secondary N) is 1. The molecule has 0 unspecified atom stereocenters. The molecule has 1 aliphatic rings. The van der Waals surface area contributed by atoms with Crippen molar-refractivity contribution in [1.82, 2.24) is 9.97 Å². The maximum absolute atomic E-state index is 13.4. The summed E-state index contributed by atoms with van der Waals surface area (Å²) in [5.74, 6) is -0.651. The van der Waals surface area contributed by atoms with Crippen molar-refractivity contribution >= 4 is 11.0 Å². The van der Waals surface area contributed by atoms with Crippen molar-refractivity contribution in [1.29, 1.82) is 0 Å². The molecule has 0 spiro atoms. The van der Waals surface area contributed by atoms with Gasteiger partial charge >= 0.3 is 6.29 Å². The maximum atomic E-state index is 13.4. The number of alkyl halides is 2. The van der Waals surface area contributed by atoms with Crippen molar-refractivity contribution < 1.29 is 22.6 Å². The van der Waals surface area contributed by atoms with Crippen LogP contribution in [0.15, 0.2) is 36.7 Å². The first-order valence-corrected chi connectivity index (χ1v) is 6.05. The Labute approximate surface area is 116 Å². The second-order valence-corrected chi connectivity index (χ2v) is 4.55. The summed E-state index contributed by atoms with van der Waals surface area (Å²) in [6.45, 7) is 0. The predicted octanol–water partition coefficient (Wildman–Crippen LogP) is 3.69. The number of nitrogens with zero attached hydrogens (tertiary/aromatic N) is 1. The molecule has 7 heteroatoms. The van der Waals surface area contributed by atoms with E-state index >= 15 is 0 Å². The third-order valence-electron chi connectivity index (χ3n) is 3.22. The van der Waals surface area contributed by atoms with E-state index in [0.29, 0.717) is 22.2 Å². The number of hydrogen-bond acceptors (Lipinski definition) is 3. The SMILES string of the molecule is Fc1cnc2[nH]cc(-c3cccc4c3OC(F)(F)O4)c2c1. The molecule has 1 N–H and O–H groups in total. The van der Waals surface area contributed by atoms with Crippen molar-refractivity contribution in [2.45, 2.75) is 6.29 Å². The molecule has 21 heavy (non-hydrogen) atoms. The number of aromatic amines is 1. The van der Waals surface area contributed by atoms with Gasteiger partial charge in [0, 0.05) is 22.7 Å². The standard InChI is InChI=1S/C14H7F3N2O2/c15-7-4-9-10(6-19-13(9)18-5-7)8-2-1-3-11-12(8)21-14(16,17)20-11/h1-6H,(H,18,19). The molecule has 4 rings (SSSR count). The van der Waals surface area contributed by atoms with Crippen molar-refractivity contribution in [2.24, 2.45) is 0 Å². The summed E-state index contributed by atoms with van der Waals surface area (Å²) < 4.78 is 48.7. The molecule has 0 bridgehead atoms. The fraction of sp³-hybridized carbons (Fsp3) is 0.0714. The van der Waals surface area contributed by atoms with Gasteiger partial charge in [0.05, 0.1) is 6.20 Å². The van der Waals surface area contributed by atoms with E-state index in [2.05, 4.69) is 19.4 Å². The molecule has 0 saturated heterocycles. The van der Waals surface area contributed by atoms with Crippen molar-refractivity contribution in [3.05, 3.63) is 42.5 Å². The number of para-hydroxylation sites is 1. The van der Waals surface area contributed by atoms with Gasteiger partial charge in [-0.2, -0.15) is 0 Å². The number of pyridine rings is 1. The van der Waals surface area contributed by atoms with Gasteiger partial charge in [-0.05, 0) is 12.1 Å². The molecule has 0 radical (unpaired) electrons. The van der Waals surface area contributed by atoms with Gasteiger partial charge in [-0.3, -0.25) is 0 Å². The van der Waals surface area contributed by atoms with E-state index in [1.807, 2.05) is 0 Å². The minimum atomic E-state index is -3.70. The second-order valence-electron chi connectivity index (χ2n) is 4.55. The summed E-state index contributed by atoms with van der Waals surface area (Å²) in [6, 6.07) is 5.82. The van der Waals surface area contributed by atoms with Gasteiger partial charge in [0.2, 0.25) is 0 Å². The first kappa shape index (κ1) is 12.1. The Morgan fingerprint density at radius 1 is 1.14 bits per heavy atom. The lowest BCUT2D eigenvalue weighted by Gasteiger charge is -2.06. The molecule has 3 heterocycles. The molecular weight excluding hydrogens is 285 g/mol. The zero-order valence-electron chi connectivity index (χ0n) is 10.4. The normalized spacial score (nSPS) is 15.6. The van der Waals surface area contributed by atoms with Crippen LogP contribution in [0.4, 0.5) is 13.2 Å². The average Bonchev–Trinajstić information content (AvgIpc) is 2.96. The lowest BCUT2D eigenvalue weighted by atomic mass is 10.0. The Morgan fingerprint density at radius 2 is 2.00 bits per heavy atom. The highest BCUT2D eigenvalue weighted by Crippen LogP contribution is 2.48. The van der Waals surface area contributed by atoms with E-state index in [1.54, 1.807) is 18.3 Å². The van der Waals surface area contributed by atoms with Gasteiger partial charge in [0.15, 0.2) is 11.5 Å². The zero-order chi connectivity index (χ0) is 14.6. The molecule has 1 aliphatic heterocycles. The van der Waals surface area contributed by atoms with Crippen molar-refractivity contribution in [3.8, 4) is 22.6 Å². The molecule has 2 aromatic heterocycles. The van der Waals surface area contributed by atoms with Crippen molar-refractivity contribution in [3.63, 3.8) is 0 Å². The average molecular weight is 292 g/mol. The van der Waals surface area contributed by atoms with Crippen LogP contribution in [0.3, 0.4) is 0 Å². The first-order chi connectivity index (χ1) is 10.0. The van der Waals surface area contributed by atoms with Crippen LogP contribution in [0.1, 0.15) is 0 Å². The third kappa shape index (κ3) is 1.81. The van der Waals surface area contributed by atoms with Crippen LogP contribution in [0.2, 0.25) is 0 Å². The maximum Gasteiger partial charge on any atom is 0.586 e. The molecule has 1 aromatic carbocycles. The van der Waals surface area contributed by atoms with Crippen LogP contribution < -0.4 is 9.47 Å². The van der Waals surface area contributed by atoms with Gasteiger partial charge in [-0.25, -0.2) is 9.37 Å². The van der Waals surface area contributed by atoms with Gasteiger partial charge in [0.25, 0.3) is 0 Å². The summed E-state index contributed by atoms with van der Waals surface area (Å²) in [4.78, 5) is 6.76. The van der Waals surface area contributed by atoms with Gasteiger partial charge < -0.3 is 14.5 Å². The number of aromatic nitrogens is 2. The molecule has 106 valence electrons. The van der Waals surface area contributed by atoms with E-state index < -0.39 is 12.1 Å². The second kappa shape index (κ2) is 3.91. The van der Waals surface area contributed by atoms with Crippen LogP contribution in [0.25, 0.3) is 22.2 Å². The van der Waals surface area contributed by atoms with E-state index in [0.717, 1.165) is 6.20 Å². The molecular formula is C14H7F3N2O2. The smallest absolute Gasteiger partial charge is 0.395 e. The summed E-state index contributed by atoms with van der Waals surface area (Å²) >= 11 is 0. The van der Waals surface area contributed by atoms with Crippen LogP contribution in [0.5, 0.6) is 11.5 Å². The Hall–Kier alpha value is -2.70. The number of H-pyrrole nitrogens is 1. The monoisotopic (exact) mass is 292 g/mol. The topological polar surface area (TPSA) is 47.1 Å². The molecule has 0 atom stereocenters. The Morgan fingerprint density at radius 3 is 2.86 bits per heavy atom. The number of hydrogen-bond donors (Lipinski definition) is 1. The van der Waals surface area contributed by atoms with E-state index in [9.17, 15) is 13.2 Å². The molecule has 0 saturated carbocycles. The Balaban J connectivity index is 1.95. The molecule has 0 amide bonds. The number of benzene rings is 1. The minimum absolute atomic E-state index is 0.0591. The molecule has 0 fully saturated rings. The van der Waals surface area contributed by atoms with Crippen LogP contribution in [0, 0.1) is 5.82 Å².